The molecule has 0 unspecified atom stereocenters. The van der Waals surface area contributed by atoms with Crippen LogP contribution in [0.2, 0.25) is 5.02 Å². The summed E-state index contributed by atoms with van der Waals surface area (Å²) in [5.74, 6) is -2.95. The number of ether oxygens (including phenoxy) is 1. The van der Waals surface area contributed by atoms with Crippen LogP contribution in [-0.4, -0.2) is 41.1 Å². The van der Waals surface area contributed by atoms with Crippen LogP contribution in [0.15, 0.2) is 46.9 Å². The van der Waals surface area contributed by atoms with Gasteiger partial charge < -0.3 is 10.1 Å². The van der Waals surface area contributed by atoms with E-state index in [4.69, 9.17) is 39.5 Å². The summed E-state index contributed by atoms with van der Waals surface area (Å²) in [7, 11) is 0. The van der Waals surface area contributed by atoms with Gasteiger partial charge in [-0.3, -0.25) is 19.3 Å². The van der Waals surface area contributed by atoms with Crippen LogP contribution in [0.5, 0.6) is 0 Å². The first kappa shape index (κ1) is 24.6. The van der Waals surface area contributed by atoms with Crippen LogP contribution >= 0.6 is 50.7 Å². The van der Waals surface area contributed by atoms with Crippen LogP contribution in [0.1, 0.15) is 16.8 Å². The summed E-state index contributed by atoms with van der Waals surface area (Å²) in [6.07, 6.45) is 0.690. The van der Waals surface area contributed by atoms with Gasteiger partial charge in [0.2, 0.25) is 11.8 Å². The SMILES string of the molecule is O=C(COC(=O)c1ccc(N2C(=O)[C@@H]3[C@H]4C[C@@H]([C@H](Cl)[C@@H]4Cl)[C@@H]3C2=O)cc1)Nc1ccc(Br)cc1Cl. The Balaban J connectivity index is 1.21. The molecule has 1 aliphatic heterocycles. The highest BCUT2D eigenvalue weighted by Gasteiger charge is 2.66. The van der Waals surface area contributed by atoms with Gasteiger partial charge in [-0.25, -0.2) is 4.79 Å². The highest BCUT2D eigenvalue weighted by molar-refractivity contribution is 9.10. The summed E-state index contributed by atoms with van der Waals surface area (Å²) in [4.78, 5) is 51.8. The molecule has 1 heterocycles. The Labute approximate surface area is 224 Å². The van der Waals surface area contributed by atoms with Crippen LogP contribution < -0.4 is 10.2 Å². The molecule has 182 valence electrons. The van der Waals surface area contributed by atoms with Crippen LogP contribution in [0, 0.1) is 23.7 Å². The number of nitrogens with one attached hydrogen (secondary N) is 1. The minimum atomic E-state index is -0.724. The molecule has 1 N–H and O–H groups in total. The Morgan fingerprint density at radius 1 is 1.00 bits per heavy atom. The van der Waals surface area contributed by atoms with Crippen molar-refractivity contribution in [3.8, 4) is 0 Å². The monoisotopic (exact) mass is 598 g/mol. The smallest absolute Gasteiger partial charge is 0.338 e. The summed E-state index contributed by atoms with van der Waals surface area (Å²) in [5, 5.41) is 2.25. The van der Waals surface area contributed by atoms with Gasteiger partial charge in [0.25, 0.3) is 5.91 Å². The Morgan fingerprint density at radius 2 is 1.60 bits per heavy atom. The molecule has 0 spiro atoms. The molecule has 2 bridgehead atoms. The Kier molecular flexibility index (Phi) is 6.59. The number of imide groups is 1. The number of hydrogen-bond donors (Lipinski definition) is 1. The molecule has 11 heteroatoms. The topological polar surface area (TPSA) is 92.8 Å². The predicted molar refractivity (Wildman–Crippen MR) is 135 cm³/mol. The van der Waals surface area contributed by atoms with Crippen LogP contribution in [0.4, 0.5) is 11.4 Å². The van der Waals surface area contributed by atoms with Crippen molar-refractivity contribution in [2.45, 2.75) is 17.2 Å². The lowest BCUT2D eigenvalue weighted by atomic mass is 9.80. The summed E-state index contributed by atoms with van der Waals surface area (Å²) in [5.41, 5.74) is 0.925. The molecule has 6 atom stereocenters. The number of anilines is 2. The van der Waals surface area contributed by atoms with Gasteiger partial charge in [0.15, 0.2) is 6.61 Å². The third kappa shape index (κ3) is 4.24. The van der Waals surface area contributed by atoms with Crippen molar-refractivity contribution in [3.63, 3.8) is 0 Å². The second kappa shape index (κ2) is 9.39. The maximum absolute atomic E-state index is 13.1. The maximum Gasteiger partial charge on any atom is 0.338 e. The lowest BCUT2D eigenvalue weighted by Gasteiger charge is -2.28. The Morgan fingerprint density at radius 3 is 2.17 bits per heavy atom. The second-order valence-corrected chi connectivity index (χ2v) is 11.1. The van der Waals surface area contributed by atoms with Crippen molar-refractivity contribution in [3.05, 3.63) is 57.5 Å². The van der Waals surface area contributed by atoms with E-state index in [1.165, 1.54) is 24.3 Å². The summed E-state index contributed by atoms with van der Waals surface area (Å²) < 4.78 is 5.83. The summed E-state index contributed by atoms with van der Waals surface area (Å²) in [6.45, 7) is -0.513. The lowest BCUT2D eigenvalue weighted by Crippen LogP contribution is -2.37. The number of esters is 1. The first-order chi connectivity index (χ1) is 16.7. The third-order valence-electron chi connectivity index (χ3n) is 6.89. The van der Waals surface area contributed by atoms with Gasteiger partial charge in [0.05, 0.1) is 44.6 Å². The van der Waals surface area contributed by atoms with Crippen molar-refractivity contribution in [2.75, 3.05) is 16.8 Å². The Hall–Kier alpha value is -2.13. The van der Waals surface area contributed by atoms with E-state index in [1.54, 1.807) is 18.2 Å². The van der Waals surface area contributed by atoms with E-state index >= 15 is 0 Å². The van der Waals surface area contributed by atoms with E-state index in [0.717, 1.165) is 9.37 Å². The molecular weight excluding hydrogens is 583 g/mol. The minimum absolute atomic E-state index is 0.108. The first-order valence-electron chi connectivity index (χ1n) is 10.9. The van der Waals surface area contributed by atoms with Gasteiger partial charge in [0, 0.05) is 4.47 Å². The fourth-order valence-electron chi connectivity index (χ4n) is 5.34. The highest BCUT2D eigenvalue weighted by Crippen LogP contribution is 2.59. The third-order valence-corrected chi connectivity index (χ3v) is 9.01. The van der Waals surface area contributed by atoms with Gasteiger partial charge >= 0.3 is 5.97 Å². The molecule has 2 saturated carbocycles. The van der Waals surface area contributed by atoms with Crippen molar-refractivity contribution < 1.29 is 23.9 Å². The van der Waals surface area contributed by atoms with E-state index in [2.05, 4.69) is 21.2 Å². The number of halogens is 4. The van der Waals surface area contributed by atoms with Crippen molar-refractivity contribution >= 4 is 85.8 Å². The average Bonchev–Trinajstić information content (AvgIpc) is 3.44. The first-order valence-corrected chi connectivity index (χ1v) is 12.9. The molecule has 3 aliphatic rings. The number of hydrogen-bond acceptors (Lipinski definition) is 5. The molecular formula is C24H18BrCl3N2O5. The normalized spacial score (nSPS) is 28.9. The zero-order valence-electron chi connectivity index (χ0n) is 17.9. The standard InChI is InChI=1S/C24H18BrCl3N2O5/c25-11-3-6-16(15(26)7-11)29-17(31)9-35-24(34)10-1-4-12(5-2-10)30-22(32)18-13-8-14(19(18)23(30)33)21(28)20(13)27/h1-7,13-14,18-21H,8-9H2,(H,29,31)/t13-,14-,18-,19+,20-,21+/m1/s1. The van der Waals surface area contributed by atoms with E-state index in [9.17, 15) is 19.2 Å². The molecule has 1 saturated heterocycles. The number of benzene rings is 2. The predicted octanol–water partition coefficient (Wildman–Crippen LogP) is 4.87. The largest absolute Gasteiger partial charge is 0.452 e. The molecule has 3 amide bonds. The fraction of sp³-hybridized carbons (Fsp3) is 0.333. The van der Waals surface area contributed by atoms with Gasteiger partial charge in [0.1, 0.15) is 0 Å². The number of alkyl halides is 2. The molecule has 7 nitrogen and oxygen atoms in total. The van der Waals surface area contributed by atoms with Crippen LogP contribution in [-0.2, 0) is 19.1 Å². The lowest BCUT2D eigenvalue weighted by molar-refractivity contribution is -0.123. The fourth-order valence-corrected chi connectivity index (χ4v) is 6.96. The zero-order valence-corrected chi connectivity index (χ0v) is 21.8. The molecule has 0 radical (unpaired) electrons. The van der Waals surface area contributed by atoms with E-state index in [1.807, 2.05) is 0 Å². The Bertz CT molecular complexity index is 1210. The van der Waals surface area contributed by atoms with Crippen molar-refractivity contribution in [1.29, 1.82) is 0 Å². The van der Waals surface area contributed by atoms with Gasteiger partial charge in [-0.1, -0.05) is 27.5 Å². The van der Waals surface area contributed by atoms with Crippen molar-refractivity contribution in [2.24, 2.45) is 23.7 Å². The average molecular weight is 601 g/mol. The molecule has 5 rings (SSSR count). The maximum atomic E-state index is 13.1. The number of rotatable bonds is 5. The van der Waals surface area contributed by atoms with Crippen LogP contribution in [0.25, 0.3) is 0 Å². The van der Waals surface area contributed by atoms with Crippen LogP contribution in [0.3, 0.4) is 0 Å². The van der Waals surface area contributed by atoms with E-state index < -0.39 is 30.3 Å². The zero-order chi connectivity index (χ0) is 25.0. The van der Waals surface area contributed by atoms with E-state index in [-0.39, 0.29) is 40.0 Å². The number of carbonyl (C=O) groups is 4. The molecule has 3 fully saturated rings. The minimum Gasteiger partial charge on any atom is -0.452 e. The molecule has 2 aliphatic carbocycles. The van der Waals surface area contributed by atoms with Crippen molar-refractivity contribution in [1.82, 2.24) is 0 Å². The quantitative estimate of drug-likeness (QED) is 0.301. The molecule has 2 aromatic carbocycles. The highest BCUT2D eigenvalue weighted by atomic mass is 79.9. The van der Waals surface area contributed by atoms with Gasteiger partial charge in [-0.15, -0.1) is 23.2 Å². The number of fused-ring (bicyclic) bond motifs is 5. The summed E-state index contributed by atoms with van der Waals surface area (Å²) in [6, 6.07) is 10.9. The second-order valence-electron chi connectivity index (χ2n) is 8.81. The molecule has 0 aromatic heterocycles. The van der Waals surface area contributed by atoms with Gasteiger partial charge in [-0.05, 0) is 60.7 Å². The van der Waals surface area contributed by atoms with Gasteiger partial charge in [-0.2, -0.15) is 0 Å². The number of carbonyl (C=O) groups excluding carboxylic acids is 4. The number of amides is 3. The summed E-state index contributed by atoms with van der Waals surface area (Å²) >= 11 is 22.1. The number of nitrogens with zero attached hydrogens (tertiary/aromatic N) is 1. The molecule has 35 heavy (non-hydrogen) atoms. The van der Waals surface area contributed by atoms with E-state index in [0.29, 0.717) is 22.8 Å². The molecule has 2 aromatic rings.